The van der Waals surface area contributed by atoms with Crippen LogP contribution in [0.3, 0.4) is 0 Å². The fourth-order valence-electron chi connectivity index (χ4n) is 2.82. The van der Waals surface area contributed by atoms with E-state index < -0.39 is 5.97 Å². The Bertz CT molecular complexity index is 754. The van der Waals surface area contributed by atoms with Gasteiger partial charge in [0.25, 0.3) is 0 Å². The number of H-pyrrole nitrogens is 1. The second-order valence-corrected chi connectivity index (χ2v) is 6.01. The molecule has 1 aromatic carbocycles. The maximum atomic E-state index is 11.9. The minimum absolute atomic E-state index is 0.231. The molecule has 2 rings (SSSR count). The van der Waals surface area contributed by atoms with Crippen LogP contribution in [0.4, 0.5) is 0 Å². The summed E-state index contributed by atoms with van der Waals surface area (Å²) in [6, 6.07) is 3.47. The van der Waals surface area contributed by atoms with E-state index in [2.05, 4.69) is 20.9 Å². The molecule has 0 saturated heterocycles. The van der Waals surface area contributed by atoms with Crippen molar-refractivity contribution in [2.24, 2.45) is 0 Å². The SMILES string of the molecule is CCc1[nH]c(C(=O)OC)c(Br)c1-c1ccc(CO)c(CO)c1CO. The van der Waals surface area contributed by atoms with Gasteiger partial charge in [-0.15, -0.1) is 0 Å². The molecule has 24 heavy (non-hydrogen) atoms. The number of aryl methyl sites for hydroxylation is 1. The molecule has 1 heterocycles. The number of aliphatic hydroxyl groups excluding tert-OH is 3. The van der Waals surface area contributed by atoms with E-state index in [0.29, 0.717) is 38.8 Å². The lowest BCUT2D eigenvalue weighted by atomic mass is 9.92. The first-order valence-electron chi connectivity index (χ1n) is 7.49. The van der Waals surface area contributed by atoms with Crippen molar-refractivity contribution in [3.63, 3.8) is 0 Å². The number of rotatable bonds is 6. The maximum absolute atomic E-state index is 11.9. The van der Waals surface area contributed by atoms with Gasteiger partial charge >= 0.3 is 5.97 Å². The number of aliphatic hydroxyl groups is 3. The number of aromatic amines is 1. The van der Waals surface area contributed by atoms with Crippen LogP contribution in [0.1, 0.15) is 39.8 Å². The summed E-state index contributed by atoms with van der Waals surface area (Å²) in [7, 11) is 1.31. The van der Waals surface area contributed by atoms with E-state index in [9.17, 15) is 20.1 Å². The minimum Gasteiger partial charge on any atom is -0.464 e. The third-order valence-corrected chi connectivity index (χ3v) is 4.84. The van der Waals surface area contributed by atoms with Crippen molar-refractivity contribution in [1.82, 2.24) is 4.98 Å². The zero-order valence-corrected chi connectivity index (χ0v) is 15.1. The van der Waals surface area contributed by atoms with Crippen molar-refractivity contribution < 1.29 is 24.9 Å². The van der Waals surface area contributed by atoms with Crippen molar-refractivity contribution in [3.8, 4) is 11.1 Å². The van der Waals surface area contributed by atoms with Gasteiger partial charge in [0.15, 0.2) is 0 Å². The number of carbonyl (C=O) groups is 1. The lowest BCUT2D eigenvalue weighted by molar-refractivity contribution is 0.0593. The van der Waals surface area contributed by atoms with E-state index in [1.165, 1.54) is 7.11 Å². The molecule has 6 nitrogen and oxygen atoms in total. The molecule has 7 heteroatoms. The first-order chi connectivity index (χ1) is 11.5. The van der Waals surface area contributed by atoms with Gasteiger partial charge in [-0.25, -0.2) is 4.79 Å². The van der Waals surface area contributed by atoms with Gasteiger partial charge < -0.3 is 25.0 Å². The summed E-state index contributed by atoms with van der Waals surface area (Å²) < 4.78 is 5.32. The monoisotopic (exact) mass is 397 g/mol. The first-order valence-corrected chi connectivity index (χ1v) is 8.28. The van der Waals surface area contributed by atoms with Gasteiger partial charge in [0.05, 0.1) is 31.4 Å². The Morgan fingerprint density at radius 1 is 1.17 bits per heavy atom. The summed E-state index contributed by atoms with van der Waals surface area (Å²) in [5, 5.41) is 28.9. The van der Waals surface area contributed by atoms with Gasteiger partial charge in [-0.2, -0.15) is 0 Å². The van der Waals surface area contributed by atoms with E-state index in [4.69, 9.17) is 4.74 Å². The van der Waals surface area contributed by atoms with Crippen molar-refractivity contribution >= 4 is 21.9 Å². The molecule has 0 spiro atoms. The standard InChI is InChI=1S/C17H20BrNO5/c1-3-13-14(15(18)16(19-13)17(23)24-2)10-5-4-9(6-20)11(7-21)12(10)8-22/h4-5,19-22H,3,6-8H2,1-2H3. The molecule has 0 aliphatic heterocycles. The van der Waals surface area contributed by atoms with Gasteiger partial charge in [0, 0.05) is 11.3 Å². The van der Waals surface area contributed by atoms with Crippen molar-refractivity contribution in [1.29, 1.82) is 0 Å². The van der Waals surface area contributed by atoms with Gasteiger partial charge in [-0.3, -0.25) is 0 Å². The topological polar surface area (TPSA) is 103 Å². The molecule has 0 atom stereocenters. The number of esters is 1. The molecule has 0 fully saturated rings. The Morgan fingerprint density at radius 3 is 2.33 bits per heavy atom. The average Bonchev–Trinajstić information content (AvgIpc) is 2.95. The Balaban J connectivity index is 2.77. The van der Waals surface area contributed by atoms with Crippen molar-refractivity contribution in [3.05, 3.63) is 44.7 Å². The molecular formula is C17H20BrNO5. The van der Waals surface area contributed by atoms with E-state index >= 15 is 0 Å². The normalized spacial score (nSPS) is 10.9. The second-order valence-electron chi connectivity index (χ2n) is 5.22. The van der Waals surface area contributed by atoms with Crippen LogP contribution in [0.25, 0.3) is 11.1 Å². The molecule has 4 N–H and O–H groups in total. The average molecular weight is 398 g/mol. The van der Waals surface area contributed by atoms with Crippen LogP contribution in [0.15, 0.2) is 16.6 Å². The lowest BCUT2D eigenvalue weighted by Gasteiger charge is -2.16. The molecule has 2 aromatic rings. The van der Waals surface area contributed by atoms with E-state index in [1.807, 2.05) is 6.92 Å². The highest BCUT2D eigenvalue weighted by molar-refractivity contribution is 9.10. The highest BCUT2D eigenvalue weighted by Crippen LogP contribution is 2.39. The molecule has 0 aliphatic carbocycles. The molecule has 0 aliphatic rings. The summed E-state index contributed by atoms with van der Waals surface area (Å²) >= 11 is 3.44. The van der Waals surface area contributed by atoms with Gasteiger partial charge in [0.1, 0.15) is 5.69 Å². The molecule has 0 radical (unpaired) electrons. The summed E-state index contributed by atoms with van der Waals surface area (Å²) in [5.41, 5.74) is 4.10. The lowest BCUT2D eigenvalue weighted by Crippen LogP contribution is -2.04. The number of hydrogen-bond acceptors (Lipinski definition) is 5. The van der Waals surface area contributed by atoms with Crippen molar-refractivity contribution in [2.75, 3.05) is 7.11 Å². The molecule has 0 unspecified atom stereocenters. The fraction of sp³-hybridized carbons (Fsp3) is 0.353. The minimum atomic E-state index is -0.497. The van der Waals surface area contributed by atoms with E-state index in [0.717, 1.165) is 11.3 Å². The number of benzene rings is 1. The van der Waals surface area contributed by atoms with Gasteiger partial charge in [0.2, 0.25) is 0 Å². The Labute approximate surface area is 148 Å². The molecule has 0 saturated carbocycles. The van der Waals surface area contributed by atoms with Crippen LogP contribution in [-0.2, 0) is 31.0 Å². The third kappa shape index (κ3) is 3.12. The Morgan fingerprint density at radius 2 is 1.83 bits per heavy atom. The van der Waals surface area contributed by atoms with Crippen LogP contribution in [0.5, 0.6) is 0 Å². The second kappa shape index (κ2) is 7.94. The summed E-state index contributed by atoms with van der Waals surface area (Å²) in [4.78, 5) is 15.0. The first kappa shape index (κ1) is 18.7. The van der Waals surface area contributed by atoms with Crippen LogP contribution in [0.2, 0.25) is 0 Å². The molecule has 0 amide bonds. The fourth-order valence-corrected chi connectivity index (χ4v) is 3.53. The Hall–Kier alpha value is -1.67. The molecule has 0 bridgehead atoms. The number of halogens is 1. The molecule has 130 valence electrons. The molecular weight excluding hydrogens is 378 g/mol. The smallest absolute Gasteiger partial charge is 0.355 e. The van der Waals surface area contributed by atoms with E-state index in [-0.39, 0.29) is 19.8 Å². The largest absolute Gasteiger partial charge is 0.464 e. The van der Waals surface area contributed by atoms with Crippen molar-refractivity contribution in [2.45, 2.75) is 33.2 Å². The Kier molecular flexibility index (Phi) is 6.17. The number of hydrogen-bond donors (Lipinski definition) is 4. The predicted molar refractivity (Wildman–Crippen MR) is 92.4 cm³/mol. The summed E-state index contributed by atoms with van der Waals surface area (Å²) in [6.07, 6.45) is 0.631. The zero-order chi connectivity index (χ0) is 17.9. The van der Waals surface area contributed by atoms with Crippen LogP contribution < -0.4 is 0 Å². The highest BCUT2D eigenvalue weighted by Gasteiger charge is 2.24. The number of aromatic nitrogens is 1. The number of carbonyl (C=O) groups excluding carboxylic acids is 1. The maximum Gasteiger partial charge on any atom is 0.355 e. The quantitative estimate of drug-likeness (QED) is 0.559. The number of ether oxygens (including phenoxy) is 1. The van der Waals surface area contributed by atoms with Gasteiger partial charge in [-0.1, -0.05) is 19.1 Å². The third-order valence-electron chi connectivity index (χ3n) is 4.04. The number of methoxy groups -OCH3 is 1. The van der Waals surface area contributed by atoms with Crippen LogP contribution in [-0.4, -0.2) is 33.4 Å². The van der Waals surface area contributed by atoms with E-state index in [1.54, 1.807) is 12.1 Å². The highest BCUT2D eigenvalue weighted by atomic mass is 79.9. The number of nitrogens with one attached hydrogen (secondary N) is 1. The van der Waals surface area contributed by atoms with Gasteiger partial charge in [-0.05, 0) is 44.6 Å². The summed E-state index contributed by atoms with van der Waals surface area (Å²) in [6.45, 7) is 1.11. The molecule has 1 aromatic heterocycles. The zero-order valence-electron chi connectivity index (χ0n) is 13.5. The predicted octanol–water partition coefficient (Wildman–Crippen LogP) is 2.27. The van der Waals surface area contributed by atoms with Crippen LogP contribution in [0, 0.1) is 0 Å². The summed E-state index contributed by atoms with van der Waals surface area (Å²) in [5.74, 6) is -0.497. The van der Waals surface area contributed by atoms with Crippen LogP contribution >= 0.6 is 15.9 Å².